The number of pyridine rings is 1. The van der Waals surface area contributed by atoms with Crippen LogP contribution in [0.3, 0.4) is 0 Å². The average molecular weight is 239 g/mol. The Bertz CT molecular complexity index is 361. The molecule has 0 fully saturated rings. The van der Waals surface area contributed by atoms with E-state index in [0.717, 1.165) is 5.69 Å². The lowest BCUT2D eigenvalue weighted by atomic mass is 10.4. The van der Waals surface area contributed by atoms with Gasteiger partial charge in [0.05, 0.1) is 10.6 Å². The Balaban J connectivity index is 0. The minimum absolute atomic E-state index is 0. The van der Waals surface area contributed by atoms with Gasteiger partial charge in [-0.2, -0.15) is 0 Å². The van der Waals surface area contributed by atoms with Gasteiger partial charge in [0.25, 0.3) is 0 Å². The van der Waals surface area contributed by atoms with E-state index in [0.29, 0.717) is 4.90 Å². The quantitative estimate of drug-likeness (QED) is 0.851. The first-order valence-electron chi connectivity index (χ1n) is 3.71. The molecule has 0 radical (unpaired) electrons. The smallest absolute Gasteiger partial charge is 0.179 e. The number of aryl methyl sites for hydroxylation is 1. The zero-order valence-corrected chi connectivity index (χ0v) is 9.86. The van der Waals surface area contributed by atoms with Crippen LogP contribution >= 0.6 is 12.4 Å². The molecular weight excluding hydrogens is 224 g/mol. The summed E-state index contributed by atoms with van der Waals surface area (Å²) in [5.41, 5.74) is 0.824. The SMILES string of the molecule is CCS(=O)(=O)c1ccc(C)nc1.Cl.N. The van der Waals surface area contributed by atoms with E-state index in [4.69, 9.17) is 0 Å². The molecule has 3 N–H and O–H groups in total. The van der Waals surface area contributed by atoms with E-state index in [1.807, 2.05) is 6.92 Å². The molecule has 0 aromatic carbocycles. The van der Waals surface area contributed by atoms with Crippen LogP contribution in [0.25, 0.3) is 0 Å². The van der Waals surface area contributed by atoms with Crippen molar-refractivity contribution in [1.82, 2.24) is 11.1 Å². The van der Waals surface area contributed by atoms with Crippen LogP contribution in [0.5, 0.6) is 0 Å². The van der Waals surface area contributed by atoms with Gasteiger partial charge < -0.3 is 6.15 Å². The molecule has 0 aliphatic rings. The summed E-state index contributed by atoms with van der Waals surface area (Å²) in [6.45, 7) is 3.44. The van der Waals surface area contributed by atoms with Crippen molar-refractivity contribution in [2.45, 2.75) is 18.7 Å². The topological polar surface area (TPSA) is 82.0 Å². The van der Waals surface area contributed by atoms with Gasteiger partial charge in [-0.25, -0.2) is 8.42 Å². The highest BCUT2D eigenvalue weighted by Crippen LogP contribution is 2.08. The van der Waals surface area contributed by atoms with Gasteiger partial charge in [0.1, 0.15) is 0 Å². The average Bonchev–Trinajstić information content (AvgIpc) is 2.05. The van der Waals surface area contributed by atoms with Crippen LogP contribution < -0.4 is 6.15 Å². The lowest BCUT2D eigenvalue weighted by Crippen LogP contribution is -2.03. The molecule has 1 rings (SSSR count). The lowest BCUT2D eigenvalue weighted by molar-refractivity contribution is 0.597. The van der Waals surface area contributed by atoms with Crippen LogP contribution in [0.15, 0.2) is 23.2 Å². The molecule has 0 spiro atoms. The molecule has 4 nitrogen and oxygen atoms in total. The number of sulfone groups is 1. The second kappa shape index (κ2) is 5.95. The first kappa shape index (κ1) is 15.8. The molecule has 0 aliphatic heterocycles. The standard InChI is InChI=1S/C8H11NO2S.ClH.H3N/c1-3-12(10,11)8-5-4-7(2)9-6-8;;/h4-6H,3H2,1-2H3;1H;1H3. The first-order valence-corrected chi connectivity index (χ1v) is 5.37. The number of aromatic nitrogens is 1. The van der Waals surface area contributed by atoms with Gasteiger partial charge in [-0.3, -0.25) is 4.98 Å². The Kier molecular flexibility index (Phi) is 6.72. The van der Waals surface area contributed by atoms with Crippen molar-refractivity contribution >= 4 is 22.2 Å². The van der Waals surface area contributed by atoms with Gasteiger partial charge in [0.2, 0.25) is 0 Å². The largest absolute Gasteiger partial charge is 0.344 e. The Labute approximate surface area is 90.7 Å². The number of hydrogen-bond donors (Lipinski definition) is 1. The molecule has 1 heterocycles. The Morgan fingerprint density at radius 3 is 2.29 bits per heavy atom. The number of rotatable bonds is 2. The van der Waals surface area contributed by atoms with Crippen molar-refractivity contribution in [2.24, 2.45) is 0 Å². The fourth-order valence-corrected chi connectivity index (χ4v) is 1.63. The van der Waals surface area contributed by atoms with Crippen LogP contribution in [0.2, 0.25) is 0 Å². The van der Waals surface area contributed by atoms with Crippen LogP contribution in [-0.4, -0.2) is 19.2 Å². The van der Waals surface area contributed by atoms with Gasteiger partial charge in [0.15, 0.2) is 9.84 Å². The van der Waals surface area contributed by atoms with Crippen molar-refractivity contribution in [3.63, 3.8) is 0 Å². The highest BCUT2D eigenvalue weighted by atomic mass is 35.5. The normalized spacial score (nSPS) is 9.86. The Morgan fingerprint density at radius 1 is 1.36 bits per heavy atom. The second-order valence-electron chi connectivity index (χ2n) is 2.54. The van der Waals surface area contributed by atoms with Crippen molar-refractivity contribution in [3.05, 3.63) is 24.0 Å². The third kappa shape index (κ3) is 3.61. The van der Waals surface area contributed by atoms with E-state index in [2.05, 4.69) is 4.98 Å². The maximum Gasteiger partial charge on any atom is 0.179 e. The summed E-state index contributed by atoms with van der Waals surface area (Å²) in [6, 6.07) is 3.28. The van der Waals surface area contributed by atoms with E-state index in [9.17, 15) is 8.42 Å². The van der Waals surface area contributed by atoms with E-state index < -0.39 is 9.84 Å². The van der Waals surface area contributed by atoms with Crippen LogP contribution in [0, 0.1) is 6.92 Å². The Morgan fingerprint density at radius 2 is 1.93 bits per heavy atom. The van der Waals surface area contributed by atoms with Crippen LogP contribution in [0.1, 0.15) is 12.6 Å². The maximum atomic E-state index is 11.3. The lowest BCUT2D eigenvalue weighted by Gasteiger charge is -1.99. The highest BCUT2D eigenvalue weighted by molar-refractivity contribution is 7.91. The summed E-state index contributed by atoms with van der Waals surface area (Å²) in [5.74, 6) is 0.123. The van der Waals surface area contributed by atoms with Crippen LogP contribution in [-0.2, 0) is 9.84 Å². The number of hydrogen-bond acceptors (Lipinski definition) is 4. The van der Waals surface area contributed by atoms with Crippen LogP contribution in [0.4, 0.5) is 0 Å². The summed E-state index contributed by atoms with van der Waals surface area (Å²) in [5, 5.41) is 0. The molecule has 0 unspecified atom stereocenters. The van der Waals surface area contributed by atoms with E-state index in [1.54, 1.807) is 19.1 Å². The molecule has 82 valence electrons. The van der Waals surface area contributed by atoms with Gasteiger partial charge in [-0.05, 0) is 19.1 Å². The monoisotopic (exact) mass is 238 g/mol. The fraction of sp³-hybridized carbons (Fsp3) is 0.375. The minimum Gasteiger partial charge on any atom is -0.344 e. The number of halogens is 1. The minimum atomic E-state index is -3.08. The van der Waals surface area contributed by atoms with Crippen molar-refractivity contribution < 1.29 is 8.42 Å². The molecule has 0 saturated heterocycles. The molecule has 1 aromatic heterocycles. The maximum absolute atomic E-state index is 11.3. The molecule has 0 amide bonds. The third-order valence-electron chi connectivity index (χ3n) is 1.62. The molecule has 6 heteroatoms. The predicted molar refractivity (Wildman–Crippen MR) is 59.0 cm³/mol. The molecule has 0 saturated carbocycles. The first-order chi connectivity index (χ1) is 5.56. The summed E-state index contributed by atoms with van der Waals surface area (Å²) in [4.78, 5) is 4.22. The van der Waals surface area contributed by atoms with Crippen molar-refractivity contribution in [3.8, 4) is 0 Å². The summed E-state index contributed by atoms with van der Waals surface area (Å²) >= 11 is 0. The Hall–Kier alpha value is -0.650. The van der Waals surface area contributed by atoms with Gasteiger partial charge in [-0.15, -0.1) is 12.4 Å². The molecule has 0 aliphatic carbocycles. The second-order valence-corrected chi connectivity index (χ2v) is 4.82. The molecule has 14 heavy (non-hydrogen) atoms. The van der Waals surface area contributed by atoms with Gasteiger partial charge in [0, 0.05) is 11.9 Å². The van der Waals surface area contributed by atoms with E-state index >= 15 is 0 Å². The highest BCUT2D eigenvalue weighted by Gasteiger charge is 2.10. The van der Waals surface area contributed by atoms with Gasteiger partial charge in [-0.1, -0.05) is 6.92 Å². The zero-order valence-electron chi connectivity index (χ0n) is 8.23. The fourth-order valence-electron chi connectivity index (χ4n) is 0.805. The van der Waals surface area contributed by atoms with E-state index in [-0.39, 0.29) is 24.3 Å². The number of nitrogens with zero attached hydrogens (tertiary/aromatic N) is 1. The van der Waals surface area contributed by atoms with Gasteiger partial charge >= 0.3 is 0 Å². The molecule has 1 aromatic rings. The molecular formula is C8H15ClN2O2S. The summed E-state index contributed by atoms with van der Waals surface area (Å²) in [7, 11) is -3.08. The van der Waals surface area contributed by atoms with Crippen molar-refractivity contribution in [1.29, 1.82) is 0 Å². The third-order valence-corrected chi connectivity index (χ3v) is 3.34. The summed E-state index contributed by atoms with van der Waals surface area (Å²) < 4.78 is 22.5. The summed E-state index contributed by atoms with van der Waals surface area (Å²) in [6.07, 6.45) is 1.40. The molecule has 0 atom stereocenters. The van der Waals surface area contributed by atoms with E-state index in [1.165, 1.54) is 6.20 Å². The molecule has 0 bridgehead atoms. The predicted octanol–water partition coefficient (Wildman–Crippen LogP) is 1.77. The zero-order chi connectivity index (χ0) is 9.19. The van der Waals surface area contributed by atoms with Crippen molar-refractivity contribution in [2.75, 3.05) is 5.75 Å².